The third-order valence-electron chi connectivity index (χ3n) is 3.17. The molecule has 0 spiro atoms. The molecule has 0 aliphatic heterocycles. The molecular weight excluding hydrogens is 311 g/mol. The minimum Gasteiger partial charge on any atom is -0.489 e. The SMILES string of the molecule is CN=C(NCCNC(=O)C(C)C)NCC(C)Oc1ccc(F)cc1. The van der Waals surface area contributed by atoms with Gasteiger partial charge in [-0.05, 0) is 31.2 Å². The van der Waals surface area contributed by atoms with E-state index in [9.17, 15) is 9.18 Å². The van der Waals surface area contributed by atoms with Crippen LogP contribution in [-0.2, 0) is 4.79 Å². The van der Waals surface area contributed by atoms with Gasteiger partial charge in [-0.2, -0.15) is 0 Å². The molecule has 0 aromatic heterocycles. The van der Waals surface area contributed by atoms with Crippen molar-refractivity contribution in [2.24, 2.45) is 10.9 Å². The van der Waals surface area contributed by atoms with Gasteiger partial charge in [0.25, 0.3) is 0 Å². The summed E-state index contributed by atoms with van der Waals surface area (Å²) in [7, 11) is 1.67. The van der Waals surface area contributed by atoms with E-state index in [0.29, 0.717) is 31.3 Å². The molecule has 24 heavy (non-hydrogen) atoms. The fourth-order valence-corrected chi connectivity index (χ4v) is 1.82. The summed E-state index contributed by atoms with van der Waals surface area (Å²) in [6.07, 6.45) is -0.116. The van der Waals surface area contributed by atoms with E-state index in [4.69, 9.17) is 4.74 Å². The van der Waals surface area contributed by atoms with Gasteiger partial charge in [0.15, 0.2) is 5.96 Å². The van der Waals surface area contributed by atoms with Crippen molar-refractivity contribution >= 4 is 11.9 Å². The van der Waals surface area contributed by atoms with Gasteiger partial charge in [-0.1, -0.05) is 13.8 Å². The summed E-state index contributed by atoms with van der Waals surface area (Å²) >= 11 is 0. The van der Waals surface area contributed by atoms with Gasteiger partial charge in [0, 0.05) is 26.1 Å². The van der Waals surface area contributed by atoms with Crippen LogP contribution in [0.2, 0.25) is 0 Å². The first-order valence-corrected chi connectivity index (χ1v) is 8.06. The Hall–Kier alpha value is -2.31. The molecule has 0 saturated carbocycles. The molecule has 3 N–H and O–H groups in total. The van der Waals surface area contributed by atoms with Crippen LogP contribution in [0.25, 0.3) is 0 Å². The number of rotatable bonds is 8. The van der Waals surface area contributed by atoms with E-state index in [2.05, 4.69) is 20.9 Å². The van der Waals surface area contributed by atoms with Crippen LogP contribution < -0.4 is 20.7 Å². The third-order valence-corrected chi connectivity index (χ3v) is 3.17. The van der Waals surface area contributed by atoms with Gasteiger partial charge in [0.2, 0.25) is 5.91 Å². The molecule has 0 saturated heterocycles. The Morgan fingerprint density at radius 1 is 1.12 bits per heavy atom. The van der Waals surface area contributed by atoms with Crippen molar-refractivity contribution in [3.05, 3.63) is 30.1 Å². The average Bonchev–Trinajstić information content (AvgIpc) is 2.56. The Kier molecular flexibility index (Phi) is 8.60. The summed E-state index contributed by atoms with van der Waals surface area (Å²) in [5.74, 6) is 0.962. The van der Waals surface area contributed by atoms with E-state index in [-0.39, 0.29) is 23.7 Å². The monoisotopic (exact) mass is 338 g/mol. The zero-order chi connectivity index (χ0) is 17.9. The summed E-state index contributed by atoms with van der Waals surface area (Å²) in [6.45, 7) is 7.25. The number of carbonyl (C=O) groups is 1. The van der Waals surface area contributed by atoms with Crippen LogP contribution in [0.4, 0.5) is 4.39 Å². The van der Waals surface area contributed by atoms with Crippen molar-refractivity contribution in [1.29, 1.82) is 0 Å². The first kappa shape index (κ1) is 19.7. The number of halogens is 1. The van der Waals surface area contributed by atoms with Crippen LogP contribution in [0.1, 0.15) is 20.8 Å². The summed E-state index contributed by atoms with van der Waals surface area (Å²) in [5, 5.41) is 9.07. The molecule has 0 aliphatic carbocycles. The van der Waals surface area contributed by atoms with Crippen molar-refractivity contribution in [3.63, 3.8) is 0 Å². The standard InChI is InChI=1S/C17H27FN4O2/c1-12(2)16(23)20-9-10-21-17(19-4)22-11-13(3)24-15-7-5-14(18)6-8-15/h5-8,12-13H,9-11H2,1-4H3,(H,20,23)(H2,19,21,22). The molecule has 0 fully saturated rings. The minimum absolute atomic E-state index is 0.0214. The number of hydrogen-bond acceptors (Lipinski definition) is 3. The lowest BCUT2D eigenvalue weighted by molar-refractivity contribution is -0.123. The zero-order valence-corrected chi connectivity index (χ0v) is 14.7. The van der Waals surface area contributed by atoms with Crippen LogP contribution in [-0.4, -0.2) is 44.7 Å². The van der Waals surface area contributed by atoms with Crippen LogP contribution in [0.15, 0.2) is 29.3 Å². The molecule has 6 nitrogen and oxygen atoms in total. The summed E-state index contributed by atoms with van der Waals surface area (Å²) < 4.78 is 18.5. The third kappa shape index (κ3) is 7.80. The van der Waals surface area contributed by atoms with E-state index in [1.807, 2.05) is 20.8 Å². The van der Waals surface area contributed by atoms with Gasteiger partial charge in [-0.3, -0.25) is 9.79 Å². The molecule has 1 amide bonds. The first-order chi connectivity index (χ1) is 11.4. The number of hydrogen-bond donors (Lipinski definition) is 3. The lowest BCUT2D eigenvalue weighted by Gasteiger charge is -2.18. The van der Waals surface area contributed by atoms with Gasteiger partial charge in [0.05, 0.1) is 6.54 Å². The quantitative estimate of drug-likeness (QED) is 0.382. The largest absolute Gasteiger partial charge is 0.489 e. The van der Waals surface area contributed by atoms with Gasteiger partial charge in [-0.25, -0.2) is 4.39 Å². The number of carbonyl (C=O) groups excluding carboxylic acids is 1. The Labute approximate surface area is 142 Å². The molecule has 0 heterocycles. The highest BCUT2D eigenvalue weighted by Crippen LogP contribution is 2.12. The molecule has 7 heteroatoms. The summed E-state index contributed by atoms with van der Waals surface area (Å²) in [6, 6.07) is 5.91. The maximum Gasteiger partial charge on any atom is 0.222 e. The van der Waals surface area contributed by atoms with Crippen LogP contribution in [0, 0.1) is 11.7 Å². The highest BCUT2D eigenvalue weighted by molar-refractivity contribution is 5.80. The second-order valence-electron chi connectivity index (χ2n) is 5.71. The Morgan fingerprint density at radius 2 is 1.75 bits per heavy atom. The van der Waals surface area contributed by atoms with Crippen molar-refractivity contribution < 1.29 is 13.9 Å². The topological polar surface area (TPSA) is 74.8 Å². The van der Waals surface area contributed by atoms with E-state index in [1.54, 1.807) is 19.2 Å². The van der Waals surface area contributed by atoms with Gasteiger partial charge < -0.3 is 20.7 Å². The molecular formula is C17H27FN4O2. The van der Waals surface area contributed by atoms with E-state index in [1.165, 1.54) is 12.1 Å². The second kappa shape index (κ2) is 10.5. The van der Waals surface area contributed by atoms with E-state index in [0.717, 1.165) is 0 Å². The number of amides is 1. The fraction of sp³-hybridized carbons (Fsp3) is 0.529. The van der Waals surface area contributed by atoms with Crippen LogP contribution in [0.3, 0.4) is 0 Å². The number of nitrogens with zero attached hydrogens (tertiary/aromatic N) is 1. The van der Waals surface area contributed by atoms with Crippen molar-refractivity contribution in [2.75, 3.05) is 26.7 Å². The van der Waals surface area contributed by atoms with Crippen molar-refractivity contribution in [1.82, 2.24) is 16.0 Å². The highest BCUT2D eigenvalue weighted by atomic mass is 19.1. The summed E-state index contributed by atoms with van der Waals surface area (Å²) in [5.41, 5.74) is 0. The normalized spacial score (nSPS) is 12.7. The smallest absolute Gasteiger partial charge is 0.222 e. The molecule has 134 valence electrons. The fourth-order valence-electron chi connectivity index (χ4n) is 1.82. The Morgan fingerprint density at radius 3 is 2.33 bits per heavy atom. The molecule has 0 aliphatic rings. The second-order valence-corrected chi connectivity index (χ2v) is 5.71. The van der Waals surface area contributed by atoms with Crippen LogP contribution in [0.5, 0.6) is 5.75 Å². The van der Waals surface area contributed by atoms with Crippen molar-refractivity contribution in [2.45, 2.75) is 26.9 Å². The molecule has 1 atom stereocenters. The lowest BCUT2D eigenvalue weighted by atomic mass is 10.2. The van der Waals surface area contributed by atoms with Crippen LogP contribution >= 0.6 is 0 Å². The number of nitrogens with one attached hydrogen (secondary N) is 3. The summed E-state index contributed by atoms with van der Waals surface area (Å²) in [4.78, 5) is 15.5. The van der Waals surface area contributed by atoms with Gasteiger partial charge in [-0.15, -0.1) is 0 Å². The maximum absolute atomic E-state index is 12.8. The highest BCUT2D eigenvalue weighted by Gasteiger charge is 2.07. The predicted molar refractivity (Wildman–Crippen MR) is 93.7 cm³/mol. The lowest BCUT2D eigenvalue weighted by Crippen LogP contribution is -2.44. The number of guanidine groups is 1. The molecule has 0 radical (unpaired) electrons. The Bertz CT molecular complexity index is 532. The van der Waals surface area contributed by atoms with Crippen molar-refractivity contribution in [3.8, 4) is 5.75 Å². The molecule has 1 rings (SSSR count). The maximum atomic E-state index is 12.8. The number of benzene rings is 1. The molecule has 1 unspecified atom stereocenters. The molecule has 1 aromatic carbocycles. The van der Waals surface area contributed by atoms with Gasteiger partial charge >= 0.3 is 0 Å². The van der Waals surface area contributed by atoms with E-state index >= 15 is 0 Å². The number of aliphatic imine (C=N–C) groups is 1. The predicted octanol–water partition coefficient (Wildman–Crippen LogP) is 1.53. The molecule has 1 aromatic rings. The van der Waals surface area contributed by atoms with Gasteiger partial charge in [0.1, 0.15) is 17.7 Å². The minimum atomic E-state index is -0.290. The first-order valence-electron chi connectivity index (χ1n) is 8.06. The van der Waals surface area contributed by atoms with E-state index < -0.39 is 0 Å². The average molecular weight is 338 g/mol. The molecule has 0 bridgehead atoms. The number of ether oxygens (including phenoxy) is 1. The zero-order valence-electron chi connectivity index (χ0n) is 14.7. The Balaban J connectivity index is 2.25.